The Hall–Kier alpha value is -7.84. The van der Waals surface area contributed by atoms with Crippen molar-refractivity contribution in [3.63, 3.8) is 0 Å². The molecular formula is C65H84F2N18O4. The van der Waals surface area contributed by atoms with Gasteiger partial charge in [0, 0.05) is 185 Å². The van der Waals surface area contributed by atoms with Crippen molar-refractivity contribution in [2.75, 3.05) is 168 Å². The van der Waals surface area contributed by atoms with Crippen LogP contribution in [0.25, 0.3) is 11.3 Å². The highest BCUT2D eigenvalue weighted by molar-refractivity contribution is 5.97. The number of hydrogen-bond donors (Lipinski definition) is 3. The summed E-state index contributed by atoms with van der Waals surface area (Å²) in [5.74, 6) is -3.70. The van der Waals surface area contributed by atoms with Crippen LogP contribution < -0.4 is 20.9 Å². The number of allylic oxidation sites excluding steroid dienone is 4. The van der Waals surface area contributed by atoms with Gasteiger partial charge in [0.25, 0.3) is 5.91 Å². The lowest BCUT2D eigenvalue weighted by Gasteiger charge is -2.43. The summed E-state index contributed by atoms with van der Waals surface area (Å²) in [5.41, 5.74) is 7.27. The van der Waals surface area contributed by atoms with E-state index in [0.29, 0.717) is 101 Å². The number of guanidine groups is 1. The SMILES string of the molecule is C/C=C/C(F)(F)C(=O)N1CCNC(=O)CN2CCN(CC2)Cc2cccc(c2)NC2=NC(=C3C=NC(=CC3)C1)C=CN2C1CCN(C)c2ccc(cn2)-c2ccnc(n2)Nc2cccc(c2)CN2CCN(CC(=O)N1C)CC2COCCN1CCN(C)CC1. The molecule has 0 aliphatic carbocycles. The summed E-state index contributed by atoms with van der Waals surface area (Å²) in [6.45, 7) is 14.3. The number of carbonyl (C=O) groups is 3. The number of nitrogens with zero attached hydrogens (tertiary/aromatic N) is 15. The maximum absolute atomic E-state index is 15.3. The molecule has 16 bridgehead atoms. The number of anilines is 4. The van der Waals surface area contributed by atoms with Crippen LogP contribution in [0.1, 0.15) is 30.9 Å². The van der Waals surface area contributed by atoms with Gasteiger partial charge in [0.05, 0.1) is 49.9 Å². The molecule has 4 aromatic rings. The Bertz CT molecular complexity index is 3320. The fourth-order valence-electron chi connectivity index (χ4n) is 12.3. The number of rotatable bonds is 8. The minimum absolute atomic E-state index is 0.00278. The summed E-state index contributed by atoms with van der Waals surface area (Å²) in [7, 11) is 6.05. The molecule has 13 aliphatic heterocycles. The van der Waals surface area contributed by atoms with Crippen molar-refractivity contribution in [2.45, 2.75) is 51.0 Å². The minimum Gasteiger partial charge on any atom is -0.378 e. The molecule has 0 radical (unpaired) electrons. The van der Waals surface area contributed by atoms with Crippen molar-refractivity contribution in [3.05, 3.63) is 138 Å². The number of ether oxygens (including phenoxy) is 1. The van der Waals surface area contributed by atoms with Crippen LogP contribution in [0.3, 0.4) is 0 Å². The number of pyridine rings is 1. The number of hydrogen-bond acceptors (Lipinski definition) is 19. The van der Waals surface area contributed by atoms with Crippen LogP contribution in [0.2, 0.25) is 0 Å². The van der Waals surface area contributed by atoms with Crippen LogP contribution in [0.15, 0.2) is 137 Å². The smallest absolute Gasteiger partial charge is 0.343 e. The number of alkyl halides is 2. The highest BCUT2D eigenvalue weighted by atomic mass is 19.3. The zero-order valence-corrected chi connectivity index (χ0v) is 51.7. The summed E-state index contributed by atoms with van der Waals surface area (Å²) in [4.78, 5) is 87.4. The van der Waals surface area contributed by atoms with E-state index in [-0.39, 0.29) is 50.6 Å². The van der Waals surface area contributed by atoms with Gasteiger partial charge in [-0.3, -0.25) is 48.8 Å². The van der Waals surface area contributed by atoms with E-state index in [0.717, 1.165) is 108 Å². The van der Waals surface area contributed by atoms with E-state index >= 15 is 13.6 Å². The number of aliphatic imine (C=N–C) groups is 2. The van der Waals surface area contributed by atoms with Crippen LogP contribution >= 0.6 is 0 Å². The molecule has 472 valence electrons. The molecule has 3 fully saturated rings. The second-order valence-corrected chi connectivity index (χ2v) is 24.1. The lowest BCUT2D eigenvalue weighted by atomic mass is 10.1. The first-order valence-electron chi connectivity index (χ1n) is 31.2. The second-order valence-electron chi connectivity index (χ2n) is 24.1. The standard InChI is InChI=1S/C65H84F2N18O4/c1-5-19-65(66,67)62(88)84-24-21-68-59(86)45-81-31-29-80(30-32-81)41-48-8-6-11-53(37-48)73-64-75-57(50-12-14-54(43-84)70-39-50)17-23-85(64)60-18-22-77(3)58-15-13-51(40-71-58)56-16-20-69-63(74-56)72-52-10-7-9-49(38-52)42-83-34-33-82(46-61(87)78(60)4)44-55(83)47-89-36-35-79-27-25-76(2)26-28-79/h5-11,13-17,19-20,23,37-40,55,60H,12,18,21-22,24-36,41-47H2,1-4H3,(H,68,86)(H,73,75)(H,69,72,74)/b19-5+,57-50?. The molecule has 3 N–H and O–H groups in total. The van der Waals surface area contributed by atoms with Gasteiger partial charge in [0.1, 0.15) is 12.0 Å². The number of nitrogens with one attached hydrogen (secondary N) is 3. The molecule has 15 heterocycles. The molecule has 2 aromatic heterocycles. The van der Waals surface area contributed by atoms with Gasteiger partial charge in [0.2, 0.25) is 23.7 Å². The minimum atomic E-state index is -3.75. The number of amides is 3. The van der Waals surface area contributed by atoms with Crippen LogP contribution in [0.5, 0.6) is 0 Å². The summed E-state index contributed by atoms with van der Waals surface area (Å²) < 4.78 is 37.1. The zero-order valence-electron chi connectivity index (χ0n) is 51.7. The lowest BCUT2D eigenvalue weighted by molar-refractivity contribution is -0.150. The van der Waals surface area contributed by atoms with Gasteiger partial charge >= 0.3 is 5.92 Å². The van der Waals surface area contributed by atoms with E-state index in [2.05, 4.69) is 92.6 Å². The van der Waals surface area contributed by atoms with Crippen molar-refractivity contribution in [1.82, 2.24) is 64.4 Å². The molecule has 17 rings (SSSR count). The molecule has 22 nitrogen and oxygen atoms in total. The Kier molecular flexibility index (Phi) is 20.6. The van der Waals surface area contributed by atoms with Gasteiger partial charge in [-0.2, -0.15) is 8.78 Å². The monoisotopic (exact) mass is 1220 g/mol. The molecule has 0 saturated carbocycles. The van der Waals surface area contributed by atoms with Gasteiger partial charge in [-0.05, 0) is 86.1 Å². The van der Waals surface area contributed by atoms with Gasteiger partial charge in [-0.25, -0.2) is 19.9 Å². The molecule has 3 saturated heterocycles. The first-order chi connectivity index (χ1) is 43.2. The van der Waals surface area contributed by atoms with Crippen molar-refractivity contribution >= 4 is 53.0 Å². The van der Waals surface area contributed by atoms with Crippen molar-refractivity contribution in [2.24, 2.45) is 9.98 Å². The van der Waals surface area contributed by atoms with E-state index in [4.69, 9.17) is 24.7 Å². The first-order valence-corrected chi connectivity index (χ1v) is 31.2. The fourth-order valence-corrected chi connectivity index (χ4v) is 12.3. The summed E-state index contributed by atoms with van der Waals surface area (Å²) in [6.07, 6.45) is 13.0. The average molecular weight is 1220 g/mol. The molecular weight excluding hydrogens is 1130 g/mol. The number of likely N-dealkylation sites (N-methyl/N-ethyl adjacent to an activating group) is 2. The predicted molar refractivity (Wildman–Crippen MR) is 343 cm³/mol. The molecule has 13 aliphatic rings. The molecule has 4 atom stereocenters. The first kappa shape index (κ1) is 62.8. The average Bonchev–Trinajstić information content (AvgIpc) is 1.27. The highest BCUT2D eigenvalue weighted by Crippen LogP contribution is 2.29. The number of aromatic nitrogens is 3. The molecule has 2 aromatic carbocycles. The Morgan fingerprint density at radius 2 is 1.55 bits per heavy atom. The van der Waals surface area contributed by atoms with Crippen LogP contribution in [0.4, 0.5) is 31.9 Å². The Labute approximate surface area is 520 Å². The van der Waals surface area contributed by atoms with Crippen molar-refractivity contribution < 1.29 is 27.9 Å². The van der Waals surface area contributed by atoms with Crippen LogP contribution in [0, 0.1) is 0 Å². The molecule has 3 amide bonds. The molecule has 0 spiro atoms. The Morgan fingerprint density at radius 1 is 0.798 bits per heavy atom. The van der Waals surface area contributed by atoms with Crippen molar-refractivity contribution in [3.8, 4) is 11.3 Å². The van der Waals surface area contributed by atoms with E-state index in [1.165, 1.54) is 6.92 Å². The zero-order chi connectivity index (χ0) is 61.9. The summed E-state index contributed by atoms with van der Waals surface area (Å²) >= 11 is 0. The third-order valence-corrected chi connectivity index (χ3v) is 17.6. The third kappa shape index (κ3) is 16.5. The quantitative estimate of drug-likeness (QED) is 0.160. The second kappa shape index (κ2) is 29.2. The lowest BCUT2D eigenvalue weighted by Crippen LogP contribution is -2.58. The molecule has 24 heteroatoms. The van der Waals surface area contributed by atoms with Gasteiger partial charge < -0.3 is 40.3 Å². The molecule has 4 unspecified atom stereocenters. The predicted octanol–water partition coefficient (Wildman–Crippen LogP) is 4.85. The fraction of sp³-hybridized carbons (Fsp3) is 0.477. The van der Waals surface area contributed by atoms with Gasteiger partial charge in [-0.1, -0.05) is 36.4 Å². The highest BCUT2D eigenvalue weighted by Gasteiger charge is 2.40. The van der Waals surface area contributed by atoms with Crippen molar-refractivity contribution in [1.29, 1.82) is 0 Å². The van der Waals surface area contributed by atoms with Crippen LogP contribution in [-0.2, 0) is 32.2 Å². The number of piperazine rings is 3. The van der Waals surface area contributed by atoms with E-state index in [9.17, 15) is 9.59 Å². The normalized spacial score (nSPS) is 24.8. The maximum Gasteiger partial charge on any atom is 0.343 e. The van der Waals surface area contributed by atoms with E-state index in [1.54, 1.807) is 12.4 Å². The Balaban J connectivity index is 0.908. The Morgan fingerprint density at radius 3 is 2.29 bits per heavy atom. The number of carbonyl (C=O) groups excluding carboxylic acids is 3. The van der Waals surface area contributed by atoms with Gasteiger partial charge in [-0.15, -0.1) is 0 Å². The van der Waals surface area contributed by atoms with Crippen LogP contribution in [-0.4, -0.2) is 259 Å². The largest absolute Gasteiger partial charge is 0.378 e. The van der Waals surface area contributed by atoms with Gasteiger partial charge in [0.15, 0.2) is 0 Å². The van der Waals surface area contributed by atoms with E-state index < -0.39 is 18.0 Å². The van der Waals surface area contributed by atoms with E-state index in [1.807, 2.05) is 84.8 Å². The number of halogens is 2. The number of benzene rings is 2. The topological polar surface area (TPSA) is 192 Å². The third-order valence-electron chi connectivity index (χ3n) is 17.6. The summed E-state index contributed by atoms with van der Waals surface area (Å²) in [6, 6.07) is 22.5. The maximum atomic E-state index is 15.3. The summed E-state index contributed by atoms with van der Waals surface area (Å²) in [5, 5.41) is 10.0. The molecule has 89 heavy (non-hydrogen) atoms.